The summed E-state index contributed by atoms with van der Waals surface area (Å²) < 4.78 is 0. The van der Waals surface area contributed by atoms with Gasteiger partial charge in [0.05, 0.1) is 16.0 Å². The zero-order valence-corrected chi connectivity index (χ0v) is 20.4. The highest BCUT2D eigenvalue weighted by Crippen LogP contribution is 2.25. The summed E-state index contributed by atoms with van der Waals surface area (Å²) in [5, 5.41) is 6.59. The second kappa shape index (κ2) is 11.5. The Balaban J connectivity index is 1.55. The minimum atomic E-state index is -0.278. The number of piperidine rings is 1. The maximum absolute atomic E-state index is 12.9. The van der Waals surface area contributed by atoms with Gasteiger partial charge in [-0.05, 0) is 54.7 Å². The number of nitrogens with zero attached hydrogens (tertiary/aromatic N) is 1. The van der Waals surface area contributed by atoms with Gasteiger partial charge in [0.25, 0.3) is 5.91 Å². The average molecular weight is 490 g/mol. The summed E-state index contributed by atoms with van der Waals surface area (Å²) in [7, 11) is 0. The second-order valence-electron chi connectivity index (χ2n) is 8.78. The number of halogens is 2. The third kappa shape index (κ3) is 7.21. The lowest BCUT2D eigenvalue weighted by molar-refractivity contribution is -0.126. The molecule has 1 atom stereocenters. The number of carbonyl (C=O) groups excluding carboxylic acids is 3. The molecule has 2 aromatic rings. The van der Waals surface area contributed by atoms with E-state index in [0.717, 1.165) is 18.4 Å². The van der Waals surface area contributed by atoms with Crippen molar-refractivity contribution in [3.05, 3.63) is 63.6 Å². The lowest BCUT2D eigenvalue weighted by Crippen LogP contribution is -2.45. The topological polar surface area (TPSA) is 78.5 Å². The number of rotatable bonds is 7. The van der Waals surface area contributed by atoms with E-state index in [1.54, 1.807) is 23.1 Å². The van der Waals surface area contributed by atoms with E-state index in [1.165, 1.54) is 0 Å². The Labute approximate surface area is 204 Å². The molecule has 1 aliphatic rings. The number of hydrogen-bond acceptors (Lipinski definition) is 3. The number of benzene rings is 2. The molecular formula is C25H29Cl2N3O3. The van der Waals surface area contributed by atoms with Gasteiger partial charge in [-0.3, -0.25) is 14.4 Å². The molecule has 0 spiro atoms. The van der Waals surface area contributed by atoms with Crippen LogP contribution in [0.5, 0.6) is 0 Å². The van der Waals surface area contributed by atoms with Crippen molar-refractivity contribution in [2.75, 3.05) is 18.4 Å². The third-order valence-electron chi connectivity index (χ3n) is 5.52. The molecule has 3 amide bonds. The summed E-state index contributed by atoms with van der Waals surface area (Å²) in [6, 6.07) is 12.3. The number of likely N-dealkylation sites (tertiary alicyclic amines) is 1. The fourth-order valence-electron chi connectivity index (χ4n) is 3.86. The lowest BCUT2D eigenvalue weighted by Gasteiger charge is -2.32. The van der Waals surface area contributed by atoms with Crippen LogP contribution in [0.15, 0.2) is 42.5 Å². The van der Waals surface area contributed by atoms with Gasteiger partial charge in [0, 0.05) is 37.3 Å². The van der Waals surface area contributed by atoms with E-state index >= 15 is 0 Å². The van der Waals surface area contributed by atoms with Crippen molar-refractivity contribution in [1.82, 2.24) is 10.2 Å². The van der Waals surface area contributed by atoms with Gasteiger partial charge < -0.3 is 15.5 Å². The summed E-state index contributed by atoms with van der Waals surface area (Å²) in [5.74, 6) is -0.266. The monoisotopic (exact) mass is 489 g/mol. The van der Waals surface area contributed by atoms with Gasteiger partial charge in [-0.1, -0.05) is 49.2 Å². The quantitative estimate of drug-likeness (QED) is 0.564. The lowest BCUT2D eigenvalue weighted by atomic mass is 9.96. The number of carbonyl (C=O) groups is 3. The molecule has 33 heavy (non-hydrogen) atoms. The van der Waals surface area contributed by atoms with Gasteiger partial charge in [0.15, 0.2) is 0 Å². The number of nitrogens with one attached hydrogen (secondary N) is 2. The van der Waals surface area contributed by atoms with Crippen LogP contribution in [-0.4, -0.2) is 35.7 Å². The first-order chi connectivity index (χ1) is 15.7. The van der Waals surface area contributed by atoms with Crippen molar-refractivity contribution in [2.24, 2.45) is 11.8 Å². The van der Waals surface area contributed by atoms with Crippen LogP contribution < -0.4 is 10.6 Å². The molecule has 0 aliphatic carbocycles. The number of anilines is 1. The van der Waals surface area contributed by atoms with Gasteiger partial charge in [0.1, 0.15) is 0 Å². The minimum Gasteiger partial charge on any atom is -0.352 e. The van der Waals surface area contributed by atoms with Crippen molar-refractivity contribution in [2.45, 2.75) is 39.7 Å². The van der Waals surface area contributed by atoms with Crippen LogP contribution in [0.4, 0.5) is 5.69 Å². The average Bonchev–Trinajstić information content (AvgIpc) is 2.78. The fourth-order valence-corrected chi connectivity index (χ4v) is 4.16. The molecule has 0 radical (unpaired) electrons. The van der Waals surface area contributed by atoms with Crippen LogP contribution in [0.1, 0.15) is 49.0 Å². The normalized spacial score (nSPS) is 15.9. The first-order valence-corrected chi connectivity index (χ1v) is 11.9. The van der Waals surface area contributed by atoms with Gasteiger partial charge in [-0.15, -0.1) is 0 Å². The molecule has 1 fully saturated rings. The van der Waals surface area contributed by atoms with Crippen LogP contribution in [-0.2, 0) is 16.1 Å². The summed E-state index contributed by atoms with van der Waals surface area (Å²) in [6.07, 6.45) is 1.94. The van der Waals surface area contributed by atoms with Crippen LogP contribution in [0.3, 0.4) is 0 Å². The Bertz CT molecular complexity index is 1030. The molecule has 1 saturated heterocycles. The van der Waals surface area contributed by atoms with Crippen LogP contribution in [0.25, 0.3) is 0 Å². The second-order valence-corrected chi connectivity index (χ2v) is 9.60. The molecule has 0 bridgehead atoms. The first-order valence-electron chi connectivity index (χ1n) is 11.1. The smallest absolute Gasteiger partial charge is 0.253 e. The standard InChI is InChI=1S/C25H29Cl2N3O3/c1-16(2)11-23(31)29-20-7-3-5-17(12-20)14-28-24(32)19-6-4-10-30(15-19)25(33)18-8-9-21(26)22(27)13-18/h3,5,7-9,12-13,16,19H,4,6,10-11,14-15H2,1-2H3,(H,28,32)(H,29,31). The molecule has 1 unspecified atom stereocenters. The Morgan fingerprint density at radius 1 is 1.09 bits per heavy atom. The van der Waals surface area contributed by atoms with Crippen molar-refractivity contribution in [3.63, 3.8) is 0 Å². The summed E-state index contributed by atoms with van der Waals surface area (Å²) in [4.78, 5) is 39.4. The van der Waals surface area contributed by atoms with Crippen molar-refractivity contribution < 1.29 is 14.4 Å². The SMILES string of the molecule is CC(C)CC(=O)Nc1cccc(CNC(=O)C2CCCN(C(=O)c3ccc(Cl)c(Cl)c3)C2)c1. The molecule has 3 rings (SSSR count). The zero-order chi connectivity index (χ0) is 24.0. The summed E-state index contributed by atoms with van der Waals surface area (Å²) >= 11 is 12.0. The van der Waals surface area contributed by atoms with Gasteiger partial charge in [-0.25, -0.2) is 0 Å². The molecule has 0 aromatic heterocycles. The van der Waals surface area contributed by atoms with E-state index in [9.17, 15) is 14.4 Å². The molecular weight excluding hydrogens is 461 g/mol. The highest BCUT2D eigenvalue weighted by Gasteiger charge is 2.29. The summed E-state index contributed by atoms with van der Waals surface area (Å²) in [6.45, 7) is 5.30. The van der Waals surface area contributed by atoms with E-state index in [0.29, 0.717) is 47.4 Å². The molecule has 1 heterocycles. The number of amides is 3. The van der Waals surface area contributed by atoms with Gasteiger partial charge in [-0.2, -0.15) is 0 Å². The molecule has 2 aromatic carbocycles. The Kier molecular flexibility index (Phi) is 8.75. The van der Waals surface area contributed by atoms with Gasteiger partial charge in [0.2, 0.25) is 11.8 Å². The molecule has 176 valence electrons. The minimum absolute atomic E-state index is 0.0277. The fraction of sp³-hybridized carbons (Fsp3) is 0.400. The van der Waals surface area contributed by atoms with Crippen molar-refractivity contribution in [3.8, 4) is 0 Å². The summed E-state index contributed by atoms with van der Waals surface area (Å²) in [5.41, 5.74) is 2.07. The molecule has 8 heteroatoms. The molecule has 2 N–H and O–H groups in total. The van der Waals surface area contributed by atoms with Crippen molar-refractivity contribution >= 4 is 46.6 Å². The van der Waals surface area contributed by atoms with E-state index in [2.05, 4.69) is 10.6 Å². The van der Waals surface area contributed by atoms with Gasteiger partial charge >= 0.3 is 0 Å². The Morgan fingerprint density at radius 3 is 2.61 bits per heavy atom. The maximum atomic E-state index is 12.9. The predicted molar refractivity (Wildman–Crippen MR) is 131 cm³/mol. The highest BCUT2D eigenvalue weighted by atomic mass is 35.5. The van der Waals surface area contributed by atoms with E-state index in [4.69, 9.17) is 23.2 Å². The Morgan fingerprint density at radius 2 is 1.88 bits per heavy atom. The molecule has 6 nitrogen and oxygen atoms in total. The van der Waals surface area contributed by atoms with E-state index < -0.39 is 0 Å². The van der Waals surface area contributed by atoms with E-state index in [1.807, 2.05) is 38.1 Å². The largest absolute Gasteiger partial charge is 0.352 e. The molecule has 1 aliphatic heterocycles. The maximum Gasteiger partial charge on any atom is 0.253 e. The molecule has 0 saturated carbocycles. The predicted octanol–water partition coefficient (Wildman–Crippen LogP) is 5.15. The number of hydrogen-bond donors (Lipinski definition) is 2. The Hall–Kier alpha value is -2.57. The first kappa shape index (κ1) is 25.1. The van der Waals surface area contributed by atoms with Crippen LogP contribution in [0.2, 0.25) is 10.0 Å². The highest BCUT2D eigenvalue weighted by molar-refractivity contribution is 6.42. The zero-order valence-electron chi connectivity index (χ0n) is 18.9. The van der Waals surface area contributed by atoms with Crippen molar-refractivity contribution in [1.29, 1.82) is 0 Å². The van der Waals surface area contributed by atoms with E-state index in [-0.39, 0.29) is 29.6 Å². The third-order valence-corrected chi connectivity index (χ3v) is 6.26. The van der Waals surface area contributed by atoms with Crippen LogP contribution in [0, 0.1) is 11.8 Å². The van der Waals surface area contributed by atoms with Crippen LogP contribution >= 0.6 is 23.2 Å².